The van der Waals surface area contributed by atoms with Gasteiger partial charge in [0, 0.05) is 49.4 Å². The average molecular weight is 442 g/mol. The van der Waals surface area contributed by atoms with Crippen molar-refractivity contribution in [3.05, 3.63) is 83.9 Å². The summed E-state index contributed by atoms with van der Waals surface area (Å²) in [7, 11) is 3.75. The fourth-order valence-electron chi connectivity index (χ4n) is 4.34. The summed E-state index contributed by atoms with van der Waals surface area (Å²) in [6, 6.07) is 15.9. The van der Waals surface area contributed by atoms with Gasteiger partial charge in [-0.05, 0) is 24.3 Å². The Morgan fingerprint density at radius 2 is 1.88 bits per heavy atom. The van der Waals surface area contributed by atoms with Crippen LogP contribution in [0.4, 0.5) is 10.1 Å². The minimum absolute atomic E-state index is 0.153. The number of hydrogen-bond donors (Lipinski definition) is 1. The molecule has 1 aliphatic heterocycles. The molecule has 0 saturated carbocycles. The first-order valence-corrected chi connectivity index (χ1v) is 10.8. The zero-order valence-corrected chi connectivity index (χ0v) is 18.4. The number of hydrogen-bond acceptors (Lipinski definition) is 5. The van der Waals surface area contributed by atoms with Crippen molar-refractivity contribution in [3.8, 4) is 17.0 Å². The van der Waals surface area contributed by atoms with Crippen LogP contribution in [0.15, 0.2) is 67.0 Å². The summed E-state index contributed by atoms with van der Waals surface area (Å²) in [5, 5.41) is 3.88. The number of nitrogens with zero attached hydrogens (tertiary/aromatic N) is 3. The third kappa shape index (κ3) is 3.75. The fourth-order valence-corrected chi connectivity index (χ4v) is 4.34. The van der Waals surface area contributed by atoms with Gasteiger partial charge in [0.15, 0.2) is 0 Å². The van der Waals surface area contributed by atoms with E-state index in [-0.39, 0.29) is 17.8 Å². The Hall–Kier alpha value is -4.00. The highest BCUT2D eigenvalue weighted by Gasteiger charge is 2.26. The monoisotopic (exact) mass is 442 g/mol. The molecule has 0 radical (unpaired) electrons. The molecule has 1 N–H and O–H groups in total. The Morgan fingerprint density at radius 1 is 1.09 bits per heavy atom. The summed E-state index contributed by atoms with van der Waals surface area (Å²) < 4.78 is 20.2. The molecule has 33 heavy (non-hydrogen) atoms. The zero-order valence-electron chi connectivity index (χ0n) is 18.4. The minimum atomic E-state index is -0.370. The van der Waals surface area contributed by atoms with E-state index in [0.29, 0.717) is 41.1 Å². The standard InChI is InChI=1S/C26H23FN4O2/c1-31(2)25-18-11-13-28-23(16-7-3-5-9-20(16)27)24(18)29-15-19(25)26(32)30-21-12-14-33-22-10-6-4-8-17(21)22/h3-11,13,15,21H,12,14H2,1-2H3,(H,30,32)/t21-/m0/s1. The van der Waals surface area contributed by atoms with E-state index >= 15 is 0 Å². The molecule has 0 unspecified atom stereocenters. The summed E-state index contributed by atoms with van der Waals surface area (Å²) >= 11 is 0. The first-order valence-electron chi connectivity index (χ1n) is 10.8. The van der Waals surface area contributed by atoms with Crippen LogP contribution >= 0.6 is 0 Å². The molecule has 2 aromatic heterocycles. The molecule has 0 spiro atoms. The van der Waals surface area contributed by atoms with Gasteiger partial charge in [-0.3, -0.25) is 14.8 Å². The topological polar surface area (TPSA) is 67.4 Å². The van der Waals surface area contributed by atoms with Crippen LogP contribution in [0.3, 0.4) is 0 Å². The maximum atomic E-state index is 14.5. The van der Waals surface area contributed by atoms with Crippen molar-refractivity contribution in [1.82, 2.24) is 15.3 Å². The van der Waals surface area contributed by atoms with E-state index in [1.165, 1.54) is 6.07 Å². The van der Waals surface area contributed by atoms with Gasteiger partial charge in [0.25, 0.3) is 5.91 Å². The van der Waals surface area contributed by atoms with Crippen molar-refractivity contribution < 1.29 is 13.9 Å². The van der Waals surface area contributed by atoms with Crippen molar-refractivity contribution in [2.45, 2.75) is 12.5 Å². The van der Waals surface area contributed by atoms with Crippen molar-refractivity contribution in [1.29, 1.82) is 0 Å². The van der Waals surface area contributed by atoms with Crippen LogP contribution in [0.2, 0.25) is 0 Å². The summed E-state index contributed by atoms with van der Waals surface area (Å²) in [6.45, 7) is 0.538. The highest BCUT2D eigenvalue weighted by Crippen LogP contribution is 2.35. The van der Waals surface area contributed by atoms with Crippen molar-refractivity contribution in [2.24, 2.45) is 0 Å². The first kappa shape index (κ1) is 20.9. The predicted molar refractivity (Wildman–Crippen MR) is 126 cm³/mol. The van der Waals surface area contributed by atoms with Gasteiger partial charge in [-0.2, -0.15) is 0 Å². The molecular weight excluding hydrogens is 419 g/mol. The van der Waals surface area contributed by atoms with Crippen LogP contribution in [0, 0.1) is 5.82 Å². The van der Waals surface area contributed by atoms with E-state index in [2.05, 4.69) is 15.3 Å². The Balaban J connectivity index is 1.58. The second-order valence-electron chi connectivity index (χ2n) is 8.15. The number of amides is 1. The van der Waals surface area contributed by atoms with Gasteiger partial charge >= 0.3 is 0 Å². The minimum Gasteiger partial charge on any atom is -0.493 e. The van der Waals surface area contributed by atoms with Crippen molar-refractivity contribution in [3.63, 3.8) is 0 Å². The molecule has 4 aromatic rings. The number of benzene rings is 2. The van der Waals surface area contributed by atoms with Crippen LogP contribution in [-0.4, -0.2) is 36.6 Å². The van der Waals surface area contributed by atoms with Gasteiger partial charge < -0.3 is 15.0 Å². The largest absolute Gasteiger partial charge is 0.493 e. The predicted octanol–water partition coefficient (Wildman–Crippen LogP) is 4.76. The van der Waals surface area contributed by atoms with E-state index in [4.69, 9.17) is 4.74 Å². The van der Waals surface area contributed by atoms with Crippen molar-refractivity contribution >= 4 is 22.5 Å². The summed E-state index contributed by atoms with van der Waals surface area (Å²) in [5.74, 6) is 0.198. The number of para-hydroxylation sites is 1. The van der Waals surface area contributed by atoms with Gasteiger partial charge in [-0.15, -0.1) is 0 Å². The lowest BCUT2D eigenvalue weighted by molar-refractivity contribution is 0.0925. The molecule has 3 heterocycles. The molecule has 7 heteroatoms. The molecule has 0 aliphatic carbocycles. The van der Waals surface area contributed by atoms with Crippen LogP contribution in [0.5, 0.6) is 5.75 Å². The summed E-state index contributed by atoms with van der Waals surface area (Å²) in [5.41, 5.74) is 3.47. The Morgan fingerprint density at radius 3 is 2.70 bits per heavy atom. The van der Waals surface area contributed by atoms with Crippen molar-refractivity contribution in [2.75, 3.05) is 25.6 Å². The zero-order chi connectivity index (χ0) is 22.9. The van der Waals surface area contributed by atoms with Gasteiger partial charge in [0.2, 0.25) is 0 Å². The van der Waals surface area contributed by atoms with Gasteiger partial charge in [-0.1, -0.05) is 30.3 Å². The third-order valence-electron chi connectivity index (χ3n) is 5.84. The normalized spacial score (nSPS) is 14.9. The van der Waals surface area contributed by atoms with E-state index in [0.717, 1.165) is 16.7 Å². The number of ether oxygens (including phenoxy) is 1. The van der Waals surface area contributed by atoms with Gasteiger partial charge in [0.1, 0.15) is 11.6 Å². The smallest absolute Gasteiger partial charge is 0.255 e. The number of aromatic nitrogens is 2. The Labute approximate surface area is 191 Å². The molecule has 5 rings (SSSR count). The first-order chi connectivity index (χ1) is 16.0. The van der Waals surface area contributed by atoms with Crippen LogP contribution in [0.1, 0.15) is 28.4 Å². The van der Waals surface area contributed by atoms with Gasteiger partial charge in [-0.25, -0.2) is 4.39 Å². The lowest BCUT2D eigenvalue weighted by Crippen LogP contribution is -2.33. The number of rotatable bonds is 4. The number of carbonyl (C=O) groups is 1. The number of anilines is 1. The molecule has 0 bridgehead atoms. The number of carbonyl (C=O) groups excluding carboxylic acids is 1. The molecule has 1 amide bonds. The molecule has 1 aliphatic rings. The SMILES string of the molecule is CN(C)c1c(C(=O)N[C@H]2CCOc3ccccc32)cnc2c(-c3ccccc3F)nccc12. The third-order valence-corrected chi connectivity index (χ3v) is 5.84. The maximum absolute atomic E-state index is 14.5. The van der Waals surface area contributed by atoms with E-state index in [1.54, 1.807) is 30.6 Å². The number of fused-ring (bicyclic) bond motifs is 2. The van der Waals surface area contributed by atoms with E-state index < -0.39 is 0 Å². The Bertz CT molecular complexity index is 1360. The molecule has 0 fully saturated rings. The van der Waals surface area contributed by atoms with Crippen LogP contribution in [-0.2, 0) is 0 Å². The highest BCUT2D eigenvalue weighted by molar-refractivity contribution is 6.09. The Kier molecular flexibility index (Phi) is 5.38. The second-order valence-corrected chi connectivity index (χ2v) is 8.15. The molecule has 2 aromatic carbocycles. The highest BCUT2D eigenvalue weighted by atomic mass is 19.1. The second kappa shape index (κ2) is 8.50. The fraction of sp³-hybridized carbons (Fsp3) is 0.192. The van der Waals surface area contributed by atoms with Gasteiger partial charge in [0.05, 0.1) is 35.1 Å². The molecular formula is C26H23FN4O2. The average Bonchev–Trinajstić information content (AvgIpc) is 2.83. The van der Waals surface area contributed by atoms with E-state index in [9.17, 15) is 9.18 Å². The summed E-state index contributed by atoms with van der Waals surface area (Å²) in [6.07, 6.45) is 3.85. The molecule has 0 saturated heterocycles. The molecule has 1 atom stereocenters. The molecule has 6 nitrogen and oxygen atoms in total. The maximum Gasteiger partial charge on any atom is 0.255 e. The quantitative estimate of drug-likeness (QED) is 0.494. The van der Waals surface area contributed by atoms with Crippen LogP contribution in [0.25, 0.3) is 22.2 Å². The van der Waals surface area contributed by atoms with E-state index in [1.807, 2.05) is 49.3 Å². The number of halogens is 1. The van der Waals surface area contributed by atoms with Crippen LogP contribution < -0.4 is 15.0 Å². The lowest BCUT2D eigenvalue weighted by Gasteiger charge is -2.27. The number of pyridine rings is 2. The summed E-state index contributed by atoms with van der Waals surface area (Å²) in [4.78, 5) is 24.2. The molecule has 166 valence electrons. The lowest BCUT2D eigenvalue weighted by atomic mass is 9.99. The number of nitrogens with one attached hydrogen (secondary N) is 1.